The van der Waals surface area contributed by atoms with Gasteiger partial charge in [0.15, 0.2) is 5.78 Å². The Morgan fingerprint density at radius 2 is 1.86 bits per heavy atom. The molecule has 0 unspecified atom stereocenters. The molecule has 35 heavy (non-hydrogen) atoms. The van der Waals surface area contributed by atoms with Crippen LogP contribution in [0.15, 0.2) is 30.3 Å². The van der Waals surface area contributed by atoms with Crippen molar-refractivity contribution in [2.75, 3.05) is 31.1 Å². The van der Waals surface area contributed by atoms with Crippen LogP contribution in [0.4, 0.5) is 5.69 Å². The van der Waals surface area contributed by atoms with Crippen LogP contribution in [0.3, 0.4) is 0 Å². The molecule has 1 saturated heterocycles. The number of anilines is 1. The van der Waals surface area contributed by atoms with Crippen LogP contribution in [0.5, 0.6) is 0 Å². The number of H-pyrrole nitrogens is 1. The van der Waals surface area contributed by atoms with E-state index in [1.807, 2.05) is 25.1 Å². The van der Waals surface area contributed by atoms with E-state index in [9.17, 15) is 10.1 Å². The van der Waals surface area contributed by atoms with Crippen molar-refractivity contribution in [1.82, 2.24) is 9.88 Å². The zero-order chi connectivity index (χ0) is 24.3. The molecule has 5 nitrogen and oxygen atoms in total. The Morgan fingerprint density at radius 1 is 1.09 bits per heavy atom. The molecule has 1 aliphatic heterocycles. The van der Waals surface area contributed by atoms with E-state index < -0.39 is 0 Å². The molecule has 1 aromatic heterocycles. The average Bonchev–Trinajstić information content (AvgIpc) is 3.22. The lowest BCUT2D eigenvalue weighted by atomic mass is 9.70. The summed E-state index contributed by atoms with van der Waals surface area (Å²) in [5.41, 5.74) is 6.54. The van der Waals surface area contributed by atoms with Crippen LogP contribution in [0.1, 0.15) is 78.3 Å². The third-order valence-corrected chi connectivity index (χ3v) is 8.34. The minimum atomic E-state index is -0.384. The van der Waals surface area contributed by atoms with Crippen molar-refractivity contribution < 1.29 is 4.79 Å². The number of fused-ring (bicyclic) bond motifs is 4. The van der Waals surface area contributed by atoms with Crippen LogP contribution in [-0.4, -0.2) is 47.9 Å². The predicted octanol–water partition coefficient (Wildman–Crippen LogP) is 4.96. The van der Waals surface area contributed by atoms with Crippen LogP contribution in [-0.2, 0) is 5.41 Å². The first-order valence-electron chi connectivity index (χ1n) is 12.6. The van der Waals surface area contributed by atoms with E-state index in [1.165, 1.54) is 19.3 Å². The maximum atomic E-state index is 13.9. The molecule has 1 saturated carbocycles. The summed E-state index contributed by atoms with van der Waals surface area (Å²) in [5, 5.41) is 10.2. The first-order valence-corrected chi connectivity index (χ1v) is 12.6. The second-order valence-electron chi connectivity index (χ2n) is 10.6. The Bertz CT molecular complexity index is 1460. The van der Waals surface area contributed by atoms with Crippen molar-refractivity contribution in [3.63, 3.8) is 0 Å². The Labute approximate surface area is 206 Å². The number of nitrogens with one attached hydrogen (secondary N) is 1. The normalized spacial score (nSPS) is 19.4. The minimum absolute atomic E-state index is 0.0331. The Kier molecular flexibility index (Phi) is 5.02. The average molecular weight is 463 g/mol. The summed E-state index contributed by atoms with van der Waals surface area (Å²) in [4.78, 5) is 22.5. The number of carbonyl (C=O) groups is 1. The van der Waals surface area contributed by atoms with Gasteiger partial charge >= 0.3 is 0 Å². The van der Waals surface area contributed by atoms with Crippen LogP contribution in [0, 0.1) is 23.2 Å². The number of hydrogen-bond donors (Lipinski definition) is 1. The van der Waals surface area contributed by atoms with E-state index in [4.69, 9.17) is 0 Å². The van der Waals surface area contributed by atoms with Gasteiger partial charge in [0, 0.05) is 65.4 Å². The lowest BCUT2D eigenvalue weighted by molar-refractivity contribution is 0.103. The number of nitriles is 1. The topological polar surface area (TPSA) is 63.1 Å². The number of rotatable bonds is 2. The van der Waals surface area contributed by atoms with Gasteiger partial charge in [-0.05, 0) is 49.6 Å². The second-order valence-corrected chi connectivity index (χ2v) is 10.6. The largest absolute Gasteiger partial charge is 0.368 e. The molecule has 176 valence electrons. The number of nitrogens with zero attached hydrogens (tertiary/aromatic N) is 3. The standard InChI is InChI=1S/C30H30N4O/c1-4-6-20-16-23-24(17-26(20)34-13-11-33(12-14-34)21-7-5-8-21)30(2,3)29-27(28(23)35)22-10-9-19(18-31)15-25(22)32-29/h9-10,15-17,21,32H,5,7-8,11-14H2,1-3H3. The predicted molar refractivity (Wildman–Crippen MR) is 139 cm³/mol. The fraction of sp³-hybridized carbons (Fsp3) is 0.400. The zero-order valence-corrected chi connectivity index (χ0v) is 20.7. The van der Waals surface area contributed by atoms with Crippen LogP contribution in [0.25, 0.3) is 10.9 Å². The fourth-order valence-electron chi connectivity index (χ4n) is 6.11. The molecule has 2 heterocycles. The van der Waals surface area contributed by atoms with E-state index in [-0.39, 0.29) is 11.2 Å². The highest BCUT2D eigenvalue weighted by molar-refractivity contribution is 6.20. The van der Waals surface area contributed by atoms with Crippen molar-refractivity contribution in [3.8, 4) is 17.9 Å². The Balaban J connectivity index is 1.45. The highest BCUT2D eigenvalue weighted by Crippen LogP contribution is 2.45. The highest BCUT2D eigenvalue weighted by atomic mass is 16.1. The Hall–Kier alpha value is -3.54. The van der Waals surface area contributed by atoms with Gasteiger partial charge in [-0.1, -0.05) is 32.3 Å². The molecule has 2 fully saturated rings. The van der Waals surface area contributed by atoms with E-state index >= 15 is 0 Å². The van der Waals surface area contributed by atoms with Gasteiger partial charge < -0.3 is 9.88 Å². The molecule has 2 aromatic carbocycles. The summed E-state index contributed by atoms with van der Waals surface area (Å²) in [6.45, 7) is 10.3. The molecule has 5 heteroatoms. The molecule has 6 rings (SSSR count). The summed E-state index contributed by atoms with van der Waals surface area (Å²) in [6, 6.07) is 12.7. The van der Waals surface area contributed by atoms with Crippen molar-refractivity contribution in [1.29, 1.82) is 5.26 Å². The number of piperazine rings is 1. The Morgan fingerprint density at radius 3 is 2.51 bits per heavy atom. The fourth-order valence-corrected chi connectivity index (χ4v) is 6.11. The van der Waals surface area contributed by atoms with Gasteiger partial charge in [0.1, 0.15) is 0 Å². The molecular formula is C30H30N4O. The van der Waals surface area contributed by atoms with E-state index in [1.54, 1.807) is 6.07 Å². The van der Waals surface area contributed by atoms with Gasteiger partial charge in [0.25, 0.3) is 0 Å². The maximum absolute atomic E-state index is 13.9. The zero-order valence-electron chi connectivity index (χ0n) is 20.7. The van der Waals surface area contributed by atoms with Gasteiger partial charge in [-0.3, -0.25) is 9.69 Å². The van der Waals surface area contributed by atoms with Gasteiger partial charge in [-0.2, -0.15) is 5.26 Å². The van der Waals surface area contributed by atoms with E-state index in [0.29, 0.717) is 5.56 Å². The molecule has 0 atom stereocenters. The lowest BCUT2D eigenvalue weighted by Gasteiger charge is -2.44. The number of ketones is 1. The summed E-state index contributed by atoms with van der Waals surface area (Å²) >= 11 is 0. The molecular weight excluding hydrogens is 432 g/mol. The molecule has 0 radical (unpaired) electrons. The van der Waals surface area contributed by atoms with E-state index in [2.05, 4.69) is 52.6 Å². The van der Waals surface area contributed by atoms with Gasteiger partial charge in [-0.25, -0.2) is 0 Å². The molecule has 0 amide bonds. The minimum Gasteiger partial charge on any atom is -0.368 e. The SMILES string of the molecule is CC#Cc1cc2c(cc1N1CCN(C3CCC3)CC1)C(C)(C)c1[nH]c3cc(C#N)ccc3c1C2=O. The number of hydrogen-bond acceptors (Lipinski definition) is 4. The van der Waals surface area contributed by atoms with Gasteiger partial charge in [0.05, 0.1) is 22.9 Å². The molecule has 3 aliphatic rings. The van der Waals surface area contributed by atoms with Gasteiger partial charge in [-0.15, -0.1) is 5.92 Å². The lowest BCUT2D eigenvalue weighted by Crippen LogP contribution is -2.52. The van der Waals surface area contributed by atoms with Crippen LogP contribution >= 0.6 is 0 Å². The molecule has 2 aliphatic carbocycles. The number of aromatic amines is 1. The number of aromatic nitrogens is 1. The summed E-state index contributed by atoms with van der Waals surface area (Å²) in [7, 11) is 0. The molecule has 1 N–H and O–H groups in total. The first-order chi connectivity index (χ1) is 16.9. The van der Waals surface area contributed by atoms with Crippen LogP contribution < -0.4 is 4.90 Å². The quantitative estimate of drug-likeness (QED) is 0.547. The molecule has 0 spiro atoms. The molecule has 0 bridgehead atoms. The molecule has 3 aromatic rings. The number of benzene rings is 2. The van der Waals surface area contributed by atoms with E-state index in [0.717, 1.165) is 76.8 Å². The van der Waals surface area contributed by atoms with Crippen molar-refractivity contribution in [2.45, 2.75) is 51.5 Å². The second kappa shape index (κ2) is 8.01. The first kappa shape index (κ1) is 22.0. The smallest absolute Gasteiger partial charge is 0.195 e. The third-order valence-electron chi connectivity index (χ3n) is 8.34. The van der Waals surface area contributed by atoms with Crippen LogP contribution in [0.2, 0.25) is 0 Å². The summed E-state index contributed by atoms with van der Waals surface area (Å²) < 4.78 is 0. The van der Waals surface area contributed by atoms with Crippen molar-refractivity contribution >= 4 is 22.4 Å². The van der Waals surface area contributed by atoms with Crippen molar-refractivity contribution in [2.24, 2.45) is 0 Å². The third kappa shape index (κ3) is 3.30. The number of carbonyl (C=O) groups excluding carboxylic acids is 1. The van der Waals surface area contributed by atoms with Crippen molar-refractivity contribution in [3.05, 3.63) is 63.8 Å². The summed E-state index contributed by atoms with van der Waals surface area (Å²) in [5.74, 6) is 6.40. The highest BCUT2D eigenvalue weighted by Gasteiger charge is 2.41. The summed E-state index contributed by atoms with van der Waals surface area (Å²) in [6.07, 6.45) is 4.04. The monoisotopic (exact) mass is 462 g/mol. The maximum Gasteiger partial charge on any atom is 0.195 e. The van der Waals surface area contributed by atoms with Gasteiger partial charge in [0.2, 0.25) is 0 Å².